The maximum atomic E-state index is 13.1. The lowest BCUT2D eigenvalue weighted by Crippen LogP contribution is -2.22. The molecule has 0 saturated carbocycles. The molecule has 0 saturated heterocycles. The summed E-state index contributed by atoms with van der Waals surface area (Å²) in [6, 6.07) is 38.0. The second kappa shape index (κ2) is 15.8. The number of nitrogens with zero attached hydrogens (tertiary/aromatic N) is 1. The van der Waals surface area contributed by atoms with Gasteiger partial charge in [-0.05, 0) is 78.1 Å². The summed E-state index contributed by atoms with van der Waals surface area (Å²) in [4.78, 5) is 42.2. The Morgan fingerprint density at radius 1 is 0.800 bits per heavy atom. The molecule has 250 valence electrons. The van der Waals surface area contributed by atoms with E-state index in [1.807, 2.05) is 102 Å². The summed E-state index contributed by atoms with van der Waals surface area (Å²) in [7, 11) is 0. The molecule has 50 heavy (non-hydrogen) atoms. The number of anilines is 1. The number of carboxylic acid groups (broad SMARTS) is 1. The van der Waals surface area contributed by atoms with Crippen LogP contribution in [0.25, 0.3) is 10.6 Å². The smallest absolute Gasteiger partial charge is 0.339 e. The lowest BCUT2D eigenvalue weighted by atomic mass is 9.91. The van der Waals surface area contributed by atoms with E-state index >= 15 is 0 Å². The normalized spacial score (nSPS) is 11.4. The number of carbonyl (C=O) groups is 3. The van der Waals surface area contributed by atoms with Crippen LogP contribution in [0.15, 0.2) is 133 Å². The Kier molecular flexibility index (Phi) is 10.6. The lowest BCUT2D eigenvalue weighted by molar-refractivity contribution is -0.116. The second-order valence-corrected chi connectivity index (χ2v) is 12.4. The number of para-hydroxylation sites is 1. The predicted molar refractivity (Wildman–Crippen MR) is 193 cm³/mol. The molecule has 2 amide bonds. The zero-order valence-electron chi connectivity index (χ0n) is 26.8. The molecule has 0 aliphatic rings. The molecular formula is C40H33N3O6S. The van der Waals surface area contributed by atoms with Crippen molar-refractivity contribution in [1.29, 1.82) is 0 Å². The molecule has 0 radical (unpaired) electrons. The van der Waals surface area contributed by atoms with Gasteiger partial charge in [-0.15, -0.1) is 11.3 Å². The van der Waals surface area contributed by atoms with Gasteiger partial charge in [0.15, 0.2) is 0 Å². The number of benzene rings is 5. The van der Waals surface area contributed by atoms with E-state index in [1.165, 1.54) is 29.5 Å². The van der Waals surface area contributed by atoms with Crippen LogP contribution in [0.3, 0.4) is 0 Å². The predicted octanol–water partition coefficient (Wildman–Crippen LogP) is 8.29. The average Bonchev–Trinajstić information content (AvgIpc) is 3.61. The Labute approximate surface area is 292 Å². The number of phenols is 1. The van der Waals surface area contributed by atoms with Crippen molar-refractivity contribution in [3.8, 4) is 27.8 Å². The van der Waals surface area contributed by atoms with Crippen molar-refractivity contribution in [2.24, 2.45) is 0 Å². The van der Waals surface area contributed by atoms with Gasteiger partial charge in [0.05, 0.1) is 5.69 Å². The van der Waals surface area contributed by atoms with E-state index in [-0.39, 0.29) is 41.2 Å². The highest BCUT2D eigenvalue weighted by atomic mass is 32.1. The van der Waals surface area contributed by atoms with Crippen LogP contribution in [-0.2, 0) is 17.8 Å². The van der Waals surface area contributed by atoms with Crippen LogP contribution < -0.4 is 15.4 Å². The molecule has 1 atom stereocenters. The molecular weight excluding hydrogens is 651 g/mol. The molecule has 5 aromatic carbocycles. The van der Waals surface area contributed by atoms with Gasteiger partial charge in [-0.3, -0.25) is 9.59 Å². The third-order valence-corrected chi connectivity index (χ3v) is 8.91. The number of aromatic nitrogens is 1. The summed E-state index contributed by atoms with van der Waals surface area (Å²) in [6.45, 7) is 0.376. The van der Waals surface area contributed by atoms with E-state index < -0.39 is 5.97 Å². The zero-order chi connectivity index (χ0) is 34.9. The molecule has 0 aliphatic carbocycles. The topological polar surface area (TPSA) is 138 Å². The monoisotopic (exact) mass is 683 g/mol. The Balaban J connectivity index is 1.06. The van der Waals surface area contributed by atoms with Gasteiger partial charge in [-0.1, -0.05) is 72.8 Å². The lowest BCUT2D eigenvalue weighted by Gasteiger charge is -2.16. The molecule has 0 spiro atoms. The van der Waals surface area contributed by atoms with Crippen LogP contribution in [-0.4, -0.2) is 33.0 Å². The van der Waals surface area contributed by atoms with Gasteiger partial charge in [-0.25, -0.2) is 9.78 Å². The van der Waals surface area contributed by atoms with E-state index in [4.69, 9.17) is 9.72 Å². The minimum absolute atomic E-state index is 0.134. The highest BCUT2D eigenvalue weighted by Gasteiger charge is 2.20. The van der Waals surface area contributed by atoms with E-state index in [0.717, 1.165) is 38.9 Å². The third kappa shape index (κ3) is 8.80. The van der Waals surface area contributed by atoms with Gasteiger partial charge in [0.25, 0.3) is 5.91 Å². The number of carboxylic acids is 1. The number of amides is 2. The van der Waals surface area contributed by atoms with Gasteiger partial charge in [0.1, 0.15) is 27.8 Å². The van der Waals surface area contributed by atoms with Crippen LogP contribution >= 0.6 is 11.3 Å². The number of hydrogen-bond acceptors (Lipinski definition) is 7. The standard InChI is InChI=1S/C40H33N3O6S/c44-36-20-17-31(23-35(36)40(47)48)42-37(45)22-30(27-7-3-1-4-8-27)21-32-25-50-39(43-32)29-15-13-28(14-16-29)38(46)41-24-26-11-18-34(19-12-26)49-33-9-5-2-6-10-33/h1-20,23,25,30,44H,21-22,24H2,(H,41,46)(H,42,45)(H,47,48). The third-order valence-electron chi connectivity index (χ3n) is 7.97. The SMILES string of the molecule is O=C(CC(Cc1csc(-c2ccc(C(=O)NCc3ccc(Oc4ccccc4)cc3)cc2)n1)c1ccccc1)Nc1ccc(O)c(C(=O)O)c1. The summed E-state index contributed by atoms with van der Waals surface area (Å²) in [6.07, 6.45) is 0.638. The number of carbonyl (C=O) groups excluding carboxylic acids is 2. The zero-order valence-corrected chi connectivity index (χ0v) is 27.6. The van der Waals surface area contributed by atoms with Crippen LogP contribution in [0.5, 0.6) is 17.2 Å². The fourth-order valence-electron chi connectivity index (χ4n) is 5.39. The Morgan fingerprint density at radius 3 is 2.18 bits per heavy atom. The number of rotatable bonds is 13. The summed E-state index contributed by atoms with van der Waals surface area (Å²) in [5, 5.41) is 27.6. The number of ether oxygens (including phenoxy) is 1. The van der Waals surface area contributed by atoms with Gasteiger partial charge in [0, 0.05) is 35.2 Å². The quantitative estimate of drug-likeness (QED) is 0.0899. The number of aromatic carboxylic acids is 1. The molecule has 4 N–H and O–H groups in total. The van der Waals surface area contributed by atoms with Gasteiger partial charge >= 0.3 is 5.97 Å². The molecule has 6 rings (SSSR count). The fourth-order valence-corrected chi connectivity index (χ4v) is 6.23. The summed E-state index contributed by atoms with van der Waals surface area (Å²) >= 11 is 1.49. The highest BCUT2D eigenvalue weighted by molar-refractivity contribution is 7.13. The molecule has 0 fully saturated rings. The van der Waals surface area contributed by atoms with Crippen molar-refractivity contribution in [2.45, 2.75) is 25.3 Å². The Morgan fingerprint density at radius 2 is 1.48 bits per heavy atom. The van der Waals surface area contributed by atoms with Crippen molar-refractivity contribution in [3.63, 3.8) is 0 Å². The number of hydrogen-bond donors (Lipinski definition) is 4. The van der Waals surface area contributed by atoms with Crippen molar-refractivity contribution >= 4 is 34.8 Å². The maximum Gasteiger partial charge on any atom is 0.339 e. The van der Waals surface area contributed by atoms with Crippen LogP contribution in [0.4, 0.5) is 5.69 Å². The highest BCUT2D eigenvalue weighted by Crippen LogP contribution is 2.30. The first-order valence-electron chi connectivity index (χ1n) is 15.9. The van der Waals surface area contributed by atoms with Crippen molar-refractivity contribution in [3.05, 3.63) is 161 Å². The fraction of sp³-hybridized carbons (Fsp3) is 0.100. The largest absolute Gasteiger partial charge is 0.507 e. The van der Waals surface area contributed by atoms with Crippen molar-refractivity contribution < 1.29 is 29.3 Å². The molecule has 1 aromatic heterocycles. The van der Waals surface area contributed by atoms with E-state index in [9.17, 15) is 24.6 Å². The molecule has 1 unspecified atom stereocenters. The first-order valence-corrected chi connectivity index (χ1v) is 16.7. The second-order valence-electron chi connectivity index (χ2n) is 11.6. The molecule has 0 aliphatic heterocycles. The van der Waals surface area contributed by atoms with Crippen LogP contribution in [0.2, 0.25) is 0 Å². The number of nitrogens with one attached hydrogen (secondary N) is 2. The summed E-state index contributed by atoms with van der Waals surface area (Å²) < 4.78 is 5.83. The van der Waals surface area contributed by atoms with Gasteiger partial charge < -0.3 is 25.6 Å². The van der Waals surface area contributed by atoms with E-state index in [1.54, 1.807) is 12.1 Å². The summed E-state index contributed by atoms with van der Waals surface area (Å²) in [5.74, 6) is -0.851. The van der Waals surface area contributed by atoms with Crippen molar-refractivity contribution in [1.82, 2.24) is 10.3 Å². The molecule has 1 heterocycles. The minimum atomic E-state index is -1.29. The molecule has 6 aromatic rings. The minimum Gasteiger partial charge on any atom is -0.507 e. The number of aromatic hydroxyl groups is 1. The van der Waals surface area contributed by atoms with Gasteiger partial charge in [0.2, 0.25) is 5.91 Å². The van der Waals surface area contributed by atoms with E-state index in [2.05, 4.69) is 10.6 Å². The average molecular weight is 684 g/mol. The molecule has 9 nitrogen and oxygen atoms in total. The summed E-state index contributed by atoms with van der Waals surface area (Å²) in [5.41, 5.74) is 4.16. The van der Waals surface area contributed by atoms with Crippen LogP contribution in [0.1, 0.15) is 49.9 Å². The number of thiazole rings is 1. The molecule has 10 heteroatoms. The Bertz CT molecular complexity index is 2080. The first kappa shape index (κ1) is 33.6. The van der Waals surface area contributed by atoms with Crippen molar-refractivity contribution in [2.75, 3.05) is 5.32 Å². The van der Waals surface area contributed by atoms with E-state index in [0.29, 0.717) is 18.5 Å². The first-order chi connectivity index (χ1) is 24.3. The Hall–Kier alpha value is -6.26. The molecule has 0 bridgehead atoms. The van der Waals surface area contributed by atoms with Gasteiger partial charge in [-0.2, -0.15) is 0 Å². The maximum absolute atomic E-state index is 13.1. The van der Waals surface area contributed by atoms with Crippen LogP contribution in [0, 0.1) is 0 Å².